The van der Waals surface area contributed by atoms with Gasteiger partial charge in [0.2, 0.25) is 0 Å². The fourth-order valence-electron chi connectivity index (χ4n) is 2.55. The summed E-state index contributed by atoms with van der Waals surface area (Å²) in [7, 11) is 0. The Hall–Kier alpha value is -1.40. The zero-order valence-electron chi connectivity index (χ0n) is 11.0. The van der Waals surface area contributed by atoms with Gasteiger partial charge in [-0.15, -0.1) is 0 Å². The molecular formula is C13H20N4O2. The Bertz CT molecular complexity index is 455. The summed E-state index contributed by atoms with van der Waals surface area (Å²) in [6.45, 7) is 3.42. The third kappa shape index (κ3) is 2.96. The molecule has 1 saturated heterocycles. The number of carbonyl (C=O) groups excluding carboxylic acids is 1. The third-order valence-corrected chi connectivity index (χ3v) is 3.79. The maximum Gasteiger partial charge on any atom is 0.273 e. The van der Waals surface area contributed by atoms with Gasteiger partial charge in [0.25, 0.3) is 5.91 Å². The Balaban J connectivity index is 1.53. The number of amides is 1. The molecular weight excluding hydrogens is 244 g/mol. The first kappa shape index (κ1) is 12.6. The average molecular weight is 264 g/mol. The highest BCUT2D eigenvalue weighted by molar-refractivity contribution is 5.92. The molecule has 1 aliphatic heterocycles. The highest BCUT2D eigenvalue weighted by atomic mass is 16.5. The third-order valence-electron chi connectivity index (χ3n) is 3.79. The maximum absolute atomic E-state index is 12.0. The van der Waals surface area contributed by atoms with E-state index in [4.69, 9.17) is 10.3 Å². The Morgan fingerprint density at radius 1 is 1.53 bits per heavy atom. The lowest BCUT2D eigenvalue weighted by atomic mass is 10.2. The number of nitrogens with two attached hydrogens (primary N) is 1. The van der Waals surface area contributed by atoms with E-state index in [1.54, 1.807) is 6.07 Å². The van der Waals surface area contributed by atoms with Crippen molar-refractivity contribution < 1.29 is 9.32 Å². The molecule has 3 N–H and O–H groups in total. The molecule has 1 amide bonds. The van der Waals surface area contributed by atoms with Crippen LogP contribution in [0.2, 0.25) is 0 Å². The normalized spacial score (nSPS) is 23.7. The van der Waals surface area contributed by atoms with Crippen molar-refractivity contribution in [2.75, 3.05) is 26.2 Å². The monoisotopic (exact) mass is 264 g/mol. The number of hydrogen-bond donors (Lipinski definition) is 2. The predicted octanol–water partition coefficient (Wildman–Crippen LogP) is 0.315. The van der Waals surface area contributed by atoms with E-state index in [1.165, 1.54) is 0 Å². The molecule has 1 aromatic heterocycles. The average Bonchev–Trinajstić information content (AvgIpc) is 2.96. The van der Waals surface area contributed by atoms with Crippen molar-refractivity contribution in [3.8, 4) is 0 Å². The minimum Gasteiger partial charge on any atom is -0.360 e. The number of nitrogens with zero attached hydrogens (tertiary/aromatic N) is 2. The first-order valence-electron chi connectivity index (χ1n) is 6.96. The summed E-state index contributed by atoms with van der Waals surface area (Å²) in [5.74, 6) is 1.21. The number of rotatable bonds is 5. The van der Waals surface area contributed by atoms with Gasteiger partial charge in [0.05, 0.1) is 0 Å². The standard InChI is InChI=1S/C13H20N4O2/c14-4-6-17-5-3-10(8-17)15-13(18)11-7-12(19-16-11)9-1-2-9/h7,9-10H,1-6,8,14H2,(H,15,18)/t10-/m0/s1. The summed E-state index contributed by atoms with van der Waals surface area (Å²) in [6.07, 6.45) is 3.26. The van der Waals surface area contributed by atoms with Gasteiger partial charge in [0, 0.05) is 44.2 Å². The number of hydrogen-bond acceptors (Lipinski definition) is 5. The van der Waals surface area contributed by atoms with E-state index < -0.39 is 0 Å². The molecule has 2 heterocycles. The molecule has 1 saturated carbocycles. The van der Waals surface area contributed by atoms with Gasteiger partial charge in [-0.1, -0.05) is 5.16 Å². The van der Waals surface area contributed by atoms with E-state index in [0.717, 1.165) is 44.7 Å². The molecule has 2 fully saturated rings. The van der Waals surface area contributed by atoms with Crippen molar-refractivity contribution in [3.63, 3.8) is 0 Å². The topological polar surface area (TPSA) is 84.4 Å². The first-order chi connectivity index (χ1) is 9.26. The highest BCUT2D eigenvalue weighted by Gasteiger charge is 2.30. The second kappa shape index (κ2) is 5.30. The van der Waals surface area contributed by atoms with E-state index in [1.807, 2.05) is 0 Å². The minimum absolute atomic E-state index is 0.129. The molecule has 2 aliphatic rings. The van der Waals surface area contributed by atoms with E-state index in [-0.39, 0.29) is 11.9 Å². The van der Waals surface area contributed by atoms with Crippen LogP contribution in [-0.4, -0.2) is 48.2 Å². The van der Waals surface area contributed by atoms with Gasteiger partial charge in [-0.2, -0.15) is 0 Å². The van der Waals surface area contributed by atoms with Crippen LogP contribution in [-0.2, 0) is 0 Å². The van der Waals surface area contributed by atoms with E-state index in [2.05, 4.69) is 15.4 Å². The zero-order valence-corrected chi connectivity index (χ0v) is 11.0. The first-order valence-corrected chi connectivity index (χ1v) is 6.96. The molecule has 19 heavy (non-hydrogen) atoms. The Morgan fingerprint density at radius 3 is 3.11 bits per heavy atom. The lowest BCUT2D eigenvalue weighted by Gasteiger charge is -2.14. The van der Waals surface area contributed by atoms with Crippen LogP contribution in [0.5, 0.6) is 0 Å². The minimum atomic E-state index is -0.129. The summed E-state index contributed by atoms with van der Waals surface area (Å²) >= 11 is 0. The van der Waals surface area contributed by atoms with Gasteiger partial charge >= 0.3 is 0 Å². The van der Waals surface area contributed by atoms with Gasteiger partial charge < -0.3 is 15.6 Å². The van der Waals surface area contributed by atoms with Crippen LogP contribution in [0.15, 0.2) is 10.6 Å². The molecule has 0 aromatic carbocycles. The SMILES string of the molecule is NCCN1CC[C@H](NC(=O)c2cc(C3CC3)on2)C1. The molecule has 1 aromatic rings. The zero-order chi connectivity index (χ0) is 13.2. The second-order valence-electron chi connectivity index (χ2n) is 5.44. The summed E-state index contributed by atoms with van der Waals surface area (Å²) < 4.78 is 5.20. The Labute approximate surface area is 112 Å². The molecule has 0 bridgehead atoms. The smallest absolute Gasteiger partial charge is 0.273 e. The van der Waals surface area contributed by atoms with E-state index >= 15 is 0 Å². The van der Waals surface area contributed by atoms with Gasteiger partial charge in [0.1, 0.15) is 5.76 Å². The molecule has 6 heteroatoms. The van der Waals surface area contributed by atoms with Crippen LogP contribution >= 0.6 is 0 Å². The molecule has 0 spiro atoms. The number of nitrogens with one attached hydrogen (secondary N) is 1. The van der Waals surface area contributed by atoms with Crippen molar-refractivity contribution in [1.82, 2.24) is 15.4 Å². The lowest BCUT2D eigenvalue weighted by molar-refractivity contribution is 0.0928. The molecule has 0 unspecified atom stereocenters. The van der Waals surface area contributed by atoms with Crippen molar-refractivity contribution in [3.05, 3.63) is 17.5 Å². The van der Waals surface area contributed by atoms with Crippen LogP contribution in [0.1, 0.15) is 41.4 Å². The van der Waals surface area contributed by atoms with E-state index in [0.29, 0.717) is 18.2 Å². The summed E-state index contributed by atoms with van der Waals surface area (Å²) in [5.41, 5.74) is 5.93. The fourth-order valence-corrected chi connectivity index (χ4v) is 2.55. The van der Waals surface area contributed by atoms with Crippen LogP contribution < -0.4 is 11.1 Å². The van der Waals surface area contributed by atoms with Crippen LogP contribution in [0, 0.1) is 0 Å². The van der Waals surface area contributed by atoms with Crippen LogP contribution in [0.3, 0.4) is 0 Å². The van der Waals surface area contributed by atoms with Crippen molar-refractivity contribution in [1.29, 1.82) is 0 Å². The predicted molar refractivity (Wildman–Crippen MR) is 69.8 cm³/mol. The fraction of sp³-hybridized carbons (Fsp3) is 0.692. The van der Waals surface area contributed by atoms with Gasteiger partial charge in [-0.25, -0.2) is 0 Å². The summed E-state index contributed by atoms with van der Waals surface area (Å²) in [4.78, 5) is 14.3. The largest absolute Gasteiger partial charge is 0.360 e. The number of aromatic nitrogens is 1. The van der Waals surface area contributed by atoms with Crippen molar-refractivity contribution >= 4 is 5.91 Å². The molecule has 0 radical (unpaired) electrons. The highest BCUT2D eigenvalue weighted by Crippen LogP contribution is 2.40. The van der Waals surface area contributed by atoms with Gasteiger partial charge in [0.15, 0.2) is 5.69 Å². The second-order valence-corrected chi connectivity index (χ2v) is 5.44. The molecule has 1 atom stereocenters. The Kier molecular flexibility index (Phi) is 3.52. The molecule has 6 nitrogen and oxygen atoms in total. The molecule has 1 aliphatic carbocycles. The number of carbonyl (C=O) groups is 1. The van der Waals surface area contributed by atoms with Gasteiger partial charge in [-0.05, 0) is 19.3 Å². The molecule has 3 rings (SSSR count). The van der Waals surface area contributed by atoms with Crippen molar-refractivity contribution in [2.24, 2.45) is 5.73 Å². The van der Waals surface area contributed by atoms with Gasteiger partial charge in [-0.3, -0.25) is 9.69 Å². The lowest BCUT2D eigenvalue weighted by Crippen LogP contribution is -2.38. The molecule has 104 valence electrons. The Morgan fingerprint density at radius 2 is 2.37 bits per heavy atom. The van der Waals surface area contributed by atoms with Crippen LogP contribution in [0.4, 0.5) is 0 Å². The van der Waals surface area contributed by atoms with E-state index in [9.17, 15) is 4.79 Å². The number of likely N-dealkylation sites (tertiary alicyclic amines) is 1. The maximum atomic E-state index is 12.0. The van der Waals surface area contributed by atoms with Crippen molar-refractivity contribution in [2.45, 2.75) is 31.2 Å². The summed E-state index contributed by atoms with van der Waals surface area (Å²) in [5, 5.41) is 6.87. The summed E-state index contributed by atoms with van der Waals surface area (Å²) in [6, 6.07) is 1.97. The quantitative estimate of drug-likeness (QED) is 0.800. The van der Waals surface area contributed by atoms with Crippen LogP contribution in [0.25, 0.3) is 0 Å².